The molecule has 2 aliphatic heterocycles. The van der Waals surface area contributed by atoms with Gasteiger partial charge in [0, 0.05) is 49.0 Å². The van der Waals surface area contributed by atoms with Crippen molar-refractivity contribution in [3.63, 3.8) is 0 Å². The topological polar surface area (TPSA) is 115 Å². The predicted molar refractivity (Wildman–Crippen MR) is 181 cm³/mol. The Hall–Kier alpha value is -4.93. The highest BCUT2D eigenvalue weighted by molar-refractivity contribution is 6.28. The zero-order valence-corrected chi connectivity index (χ0v) is 26.1. The van der Waals surface area contributed by atoms with E-state index in [1.54, 1.807) is 6.20 Å². The largest absolute Gasteiger partial charge is 0.383 e. The Morgan fingerprint density at radius 3 is 2.50 bits per heavy atom. The van der Waals surface area contributed by atoms with E-state index >= 15 is 0 Å². The predicted octanol–water partition coefficient (Wildman–Crippen LogP) is 6.06. The standard InChI is InChI=1S/C35H33ClN10/c36-33-39-23-40-34(43-33)45-18-5-15-35(22-45)16-19-44(21-35)20-24-9-11-26(12-10-24)46-31(27-8-4-17-38-30(27)37)42-29-14-13-28(41-32(29)46)25-6-2-1-3-7-25/h1-4,6-14,17,23H,5,15-16,18-22H2,(H2,37,38). The molecule has 0 amide bonds. The third-order valence-electron chi connectivity index (χ3n) is 9.25. The van der Waals surface area contributed by atoms with Crippen molar-refractivity contribution in [2.45, 2.75) is 25.8 Å². The molecule has 6 aromatic rings. The highest BCUT2D eigenvalue weighted by atomic mass is 35.5. The monoisotopic (exact) mass is 628 g/mol. The zero-order valence-electron chi connectivity index (χ0n) is 25.3. The molecule has 2 N–H and O–H groups in total. The maximum atomic E-state index is 6.36. The third kappa shape index (κ3) is 5.44. The lowest BCUT2D eigenvalue weighted by Gasteiger charge is -2.40. The molecule has 0 aliphatic carbocycles. The molecular formula is C35H33ClN10. The van der Waals surface area contributed by atoms with Crippen LogP contribution in [0.25, 0.3) is 39.5 Å². The van der Waals surface area contributed by atoms with Gasteiger partial charge in [-0.1, -0.05) is 42.5 Å². The molecule has 0 saturated carbocycles. The van der Waals surface area contributed by atoms with Gasteiger partial charge in [-0.15, -0.1) is 0 Å². The van der Waals surface area contributed by atoms with Gasteiger partial charge in [0.05, 0.1) is 11.3 Å². The van der Waals surface area contributed by atoms with Crippen LogP contribution in [0.1, 0.15) is 24.8 Å². The number of hydrogen-bond acceptors (Lipinski definition) is 9. The molecule has 2 fully saturated rings. The number of aromatic nitrogens is 7. The van der Waals surface area contributed by atoms with E-state index in [1.165, 1.54) is 18.3 Å². The summed E-state index contributed by atoms with van der Waals surface area (Å²) in [4.78, 5) is 32.0. The fraction of sp³-hybridized carbons (Fsp3) is 0.257. The molecule has 0 radical (unpaired) electrons. The van der Waals surface area contributed by atoms with Crippen LogP contribution in [-0.4, -0.2) is 65.5 Å². The Morgan fingerprint density at radius 1 is 0.804 bits per heavy atom. The summed E-state index contributed by atoms with van der Waals surface area (Å²) in [7, 11) is 0. The molecule has 11 heteroatoms. The van der Waals surface area contributed by atoms with Gasteiger partial charge in [-0.25, -0.2) is 24.9 Å². The van der Waals surface area contributed by atoms with E-state index in [0.29, 0.717) is 17.6 Å². The summed E-state index contributed by atoms with van der Waals surface area (Å²) in [6.07, 6.45) is 6.68. The molecule has 46 heavy (non-hydrogen) atoms. The molecule has 8 rings (SSSR count). The summed E-state index contributed by atoms with van der Waals surface area (Å²) in [5, 5.41) is 0.244. The van der Waals surface area contributed by atoms with E-state index in [1.807, 2.05) is 42.5 Å². The van der Waals surface area contributed by atoms with Gasteiger partial charge in [0.15, 0.2) is 11.5 Å². The SMILES string of the molecule is Nc1ncccc1-c1nc2ccc(-c3ccccc3)nc2n1-c1ccc(CN2CCC3(CCCN(c4ncnc(Cl)n4)C3)C2)cc1. The second-order valence-corrected chi connectivity index (χ2v) is 12.7. The van der Waals surface area contributed by atoms with Crippen molar-refractivity contribution < 1.29 is 0 Å². The minimum atomic E-state index is 0.230. The average Bonchev–Trinajstić information content (AvgIpc) is 3.66. The molecule has 1 atom stereocenters. The molecule has 10 nitrogen and oxygen atoms in total. The molecule has 0 bridgehead atoms. The number of imidazole rings is 1. The van der Waals surface area contributed by atoms with Crippen molar-refractivity contribution in [3.8, 4) is 28.3 Å². The van der Waals surface area contributed by atoms with Gasteiger partial charge in [0.25, 0.3) is 0 Å². The summed E-state index contributed by atoms with van der Waals surface area (Å²) in [5.74, 6) is 1.83. The van der Waals surface area contributed by atoms with Gasteiger partial charge in [-0.2, -0.15) is 4.98 Å². The summed E-state index contributed by atoms with van der Waals surface area (Å²) >= 11 is 6.07. The third-order valence-corrected chi connectivity index (χ3v) is 9.43. The van der Waals surface area contributed by atoms with Crippen LogP contribution < -0.4 is 10.6 Å². The summed E-state index contributed by atoms with van der Waals surface area (Å²) in [6, 6.07) is 26.8. The maximum Gasteiger partial charge on any atom is 0.229 e. The maximum absolute atomic E-state index is 6.36. The first kappa shape index (κ1) is 28.5. The minimum Gasteiger partial charge on any atom is -0.383 e. The molecule has 1 spiro atoms. The quantitative estimate of drug-likeness (QED) is 0.235. The number of piperidine rings is 1. The number of fused-ring (bicyclic) bond motifs is 1. The summed E-state index contributed by atoms with van der Waals surface area (Å²) in [5.41, 5.74) is 13.1. The van der Waals surface area contributed by atoms with Crippen LogP contribution in [0.2, 0.25) is 5.28 Å². The van der Waals surface area contributed by atoms with Crippen molar-refractivity contribution in [2.24, 2.45) is 5.41 Å². The Balaban J connectivity index is 1.07. The molecule has 2 aliphatic rings. The number of hydrogen-bond donors (Lipinski definition) is 1. The van der Waals surface area contributed by atoms with Gasteiger partial charge in [-0.05, 0) is 79.4 Å². The fourth-order valence-corrected chi connectivity index (χ4v) is 7.18. The molecule has 2 saturated heterocycles. The van der Waals surface area contributed by atoms with Crippen molar-refractivity contribution in [3.05, 3.63) is 102 Å². The fourth-order valence-electron chi connectivity index (χ4n) is 7.06. The molecule has 6 heterocycles. The number of nitrogen functional groups attached to an aromatic ring is 1. The van der Waals surface area contributed by atoms with Crippen molar-refractivity contribution >= 4 is 34.5 Å². The first-order chi connectivity index (χ1) is 22.5. The number of pyridine rings is 2. The minimum absolute atomic E-state index is 0.230. The molecule has 1 unspecified atom stereocenters. The summed E-state index contributed by atoms with van der Waals surface area (Å²) < 4.78 is 2.09. The van der Waals surface area contributed by atoms with Crippen LogP contribution in [0.4, 0.5) is 11.8 Å². The smallest absolute Gasteiger partial charge is 0.229 e. The van der Waals surface area contributed by atoms with Gasteiger partial charge in [0.2, 0.25) is 11.2 Å². The van der Waals surface area contributed by atoms with Crippen molar-refractivity contribution in [1.82, 2.24) is 39.4 Å². The Labute approximate surface area is 272 Å². The normalized spacial score (nSPS) is 18.5. The Bertz CT molecular complexity index is 2010. The van der Waals surface area contributed by atoms with Crippen LogP contribution in [0.15, 0.2) is 91.4 Å². The zero-order chi connectivity index (χ0) is 31.1. The first-order valence-corrected chi connectivity index (χ1v) is 16.0. The molecular weight excluding hydrogens is 596 g/mol. The lowest BCUT2D eigenvalue weighted by atomic mass is 9.79. The van der Waals surface area contributed by atoms with Gasteiger partial charge in [0.1, 0.15) is 17.7 Å². The summed E-state index contributed by atoms with van der Waals surface area (Å²) in [6.45, 7) is 4.89. The molecule has 4 aromatic heterocycles. The van der Waals surface area contributed by atoms with Crippen LogP contribution in [0.5, 0.6) is 0 Å². The van der Waals surface area contributed by atoms with Gasteiger partial charge in [-0.3, -0.25) is 9.47 Å². The highest BCUT2D eigenvalue weighted by Crippen LogP contribution is 2.40. The second-order valence-electron chi connectivity index (χ2n) is 12.3. The van der Waals surface area contributed by atoms with Crippen LogP contribution in [0, 0.1) is 5.41 Å². The van der Waals surface area contributed by atoms with E-state index in [2.05, 4.69) is 70.7 Å². The number of likely N-dealkylation sites (tertiary alicyclic amines) is 1. The van der Waals surface area contributed by atoms with Crippen molar-refractivity contribution in [2.75, 3.05) is 36.8 Å². The number of anilines is 2. The van der Waals surface area contributed by atoms with Gasteiger partial charge < -0.3 is 10.6 Å². The van der Waals surface area contributed by atoms with E-state index in [0.717, 1.165) is 79.2 Å². The number of nitrogens with two attached hydrogens (primary N) is 1. The number of benzene rings is 2. The number of rotatable bonds is 6. The molecule has 230 valence electrons. The van der Waals surface area contributed by atoms with E-state index < -0.39 is 0 Å². The first-order valence-electron chi connectivity index (χ1n) is 15.6. The Morgan fingerprint density at radius 2 is 1.67 bits per heavy atom. The number of halogens is 1. The highest BCUT2D eigenvalue weighted by Gasteiger charge is 2.42. The second kappa shape index (κ2) is 11.8. The number of nitrogens with zero attached hydrogens (tertiary/aromatic N) is 9. The van der Waals surface area contributed by atoms with Gasteiger partial charge >= 0.3 is 0 Å². The van der Waals surface area contributed by atoms with E-state index in [9.17, 15) is 0 Å². The van der Waals surface area contributed by atoms with Crippen LogP contribution in [0.3, 0.4) is 0 Å². The van der Waals surface area contributed by atoms with Crippen LogP contribution in [-0.2, 0) is 6.54 Å². The lowest BCUT2D eigenvalue weighted by molar-refractivity contribution is 0.215. The average molecular weight is 629 g/mol. The van der Waals surface area contributed by atoms with E-state index in [4.69, 9.17) is 27.3 Å². The Kier molecular flexibility index (Phi) is 7.31. The van der Waals surface area contributed by atoms with Crippen molar-refractivity contribution in [1.29, 1.82) is 0 Å². The lowest BCUT2D eigenvalue weighted by Crippen LogP contribution is -2.45. The molecule has 2 aromatic carbocycles. The van der Waals surface area contributed by atoms with E-state index in [-0.39, 0.29) is 10.7 Å². The van der Waals surface area contributed by atoms with Crippen LogP contribution >= 0.6 is 11.6 Å².